The van der Waals surface area contributed by atoms with E-state index in [2.05, 4.69) is 38.1 Å². The Morgan fingerprint density at radius 3 is 2.08 bits per heavy atom. The van der Waals surface area contributed by atoms with Gasteiger partial charge in [0.2, 0.25) is 11.8 Å². The predicted molar refractivity (Wildman–Crippen MR) is 100 cm³/mol. The summed E-state index contributed by atoms with van der Waals surface area (Å²) >= 11 is 0. The quantitative estimate of drug-likeness (QED) is 0.621. The summed E-state index contributed by atoms with van der Waals surface area (Å²) in [6, 6.07) is 22.2. The van der Waals surface area contributed by atoms with Crippen LogP contribution in [0.25, 0.3) is 0 Å². The van der Waals surface area contributed by atoms with Crippen LogP contribution in [0.15, 0.2) is 79.1 Å². The summed E-state index contributed by atoms with van der Waals surface area (Å²) in [5, 5.41) is 0. The highest BCUT2D eigenvalue weighted by atomic mass is 16.1. The highest BCUT2D eigenvalue weighted by Gasteiger charge is 2.28. The van der Waals surface area contributed by atoms with Crippen LogP contribution in [0.4, 0.5) is 0 Å². The number of aromatic nitrogens is 1. The van der Waals surface area contributed by atoms with E-state index in [0.717, 1.165) is 5.56 Å². The summed E-state index contributed by atoms with van der Waals surface area (Å²) in [7, 11) is 0. The maximum absolute atomic E-state index is 13.2. The Labute approximate surface area is 149 Å². The zero-order valence-corrected chi connectivity index (χ0v) is 14.9. The van der Waals surface area contributed by atoms with Crippen LogP contribution in [0.1, 0.15) is 28.3 Å². The molecule has 25 heavy (non-hydrogen) atoms. The van der Waals surface area contributed by atoms with Crippen LogP contribution in [0.5, 0.6) is 0 Å². The van der Waals surface area contributed by atoms with Crippen LogP contribution in [-0.2, 0) is 17.6 Å². The third-order valence-corrected chi connectivity index (χ3v) is 4.74. The first kappa shape index (κ1) is 17.1. The number of carbonyl (C=O) groups is 1. The Morgan fingerprint density at radius 2 is 1.44 bits per heavy atom. The first-order valence-corrected chi connectivity index (χ1v) is 8.72. The topological polar surface area (TPSA) is 20.9 Å². The minimum atomic E-state index is -0.192. The smallest absolute Gasteiger partial charge is 0.220 e. The lowest BCUT2D eigenvalue weighted by Crippen LogP contribution is -2.45. The Kier molecular flexibility index (Phi) is 5.39. The molecular formula is C23H24NO+. The van der Waals surface area contributed by atoms with Crippen LogP contribution in [-0.4, -0.2) is 5.78 Å². The fraction of sp³-hybridized carbons (Fsp3) is 0.217. The summed E-state index contributed by atoms with van der Waals surface area (Å²) in [6.45, 7) is 4.16. The largest absolute Gasteiger partial charge is 0.292 e. The van der Waals surface area contributed by atoms with Crippen LogP contribution in [0, 0.1) is 13.8 Å². The first-order valence-electron chi connectivity index (χ1n) is 8.72. The molecule has 0 bridgehead atoms. The van der Waals surface area contributed by atoms with Gasteiger partial charge in [0.05, 0.1) is 0 Å². The molecule has 3 aromatic rings. The van der Waals surface area contributed by atoms with E-state index in [4.69, 9.17) is 0 Å². The van der Waals surface area contributed by atoms with Crippen molar-refractivity contribution in [1.29, 1.82) is 0 Å². The van der Waals surface area contributed by atoms with Crippen molar-refractivity contribution < 1.29 is 9.36 Å². The van der Waals surface area contributed by atoms with E-state index in [0.29, 0.717) is 12.8 Å². The van der Waals surface area contributed by atoms with Gasteiger partial charge in [-0.15, -0.1) is 0 Å². The minimum absolute atomic E-state index is 0.192. The highest BCUT2D eigenvalue weighted by Crippen LogP contribution is 2.18. The summed E-state index contributed by atoms with van der Waals surface area (Å²) in [5.41, 5.74) is 4.70. The number of hydrogen-bond donors (Lipinski definition) is 0. The molecule has 126 valence electrons. The molecule has 0 radical (unpaired) electrons. The van der Waals surface area contributed by atoms with Crippen molar-refractivity contribution in [2.45, 2.75) is 32.7 Å². The molecule has 0 spiro atoms. The zero-order chi connectivity index (χ0) is 17.6. The molecule has 0 saturated carbocycles. The van der Waals surface area contributed by atoms with Crippen molar-refractivity contribution >= 4 is 5.78 Å². The third-order valence-electron chi connectivity index (χ3n) is 4.74. The van der Waals surface area contributed by atoms with Crippen molar-refractivity contribution in [2.24, 2.45) is 0 Å². The molecule has 0 fully saturated rings. The molecule has 0 saturated heterocycles. The van der Waals surface area contributed by atoms with Gasteiger partial charge >= 0.3 is 0 Å². The molecule has 0 aliphatic carbocycles. The normalized spacial score (nSPS) is 11.9. The Bertz CT molecular complexity index is 820. The molecule has 1 unspecified atom stereocenters. The molecule has 2 heteroatoms. The number of aryl methyl sites for hydroxylation is 2. The predicted octanol–water partition coefficient (Wildman–Crippen LogP) is 4.19. The monoisotopic (exact) mass is 330 g/mol. The van der Waals surface area contributed by atoms with Crippen LogP contribution < -0.4 is 4.57 Å². The van der Waals surface area contributed by atoms with Crippen LogP contribution in [0.2, 0.25) is 0 Å². The van der Waals surface area contributed by atoms with Crippen molar-refractivity contribution in [2.75, 3.05) is 0 Å². The minimum Gasteiger partial charge on any atom is -0.292 e. The molecule has 0 N–H and O–H groups in total. The Hall–Kier alpha value is -2.74. The van der Waals surface area contributed by atoms with Crippen molar-refractivity contribution in [3.05, 3.63) is 101 Å². The van der Waals surface area contributed by atoms with E-state index in [9.17, 15) is 4.79 Å². The van der Waals surface area contributed by atoms with Gasteiger partial charge in [0, 0.05) is 25.0 Å². The third kappa shape index (κ3) is 4.21. The second-order valence-electron chi connectivity index (χ2n) is 6.54. The summed E-state index contributed by atoms with van der Waals surface area (Å²) < 4.78 is 2.03. The van der Waals surface area contributed by atoms with E-state index < -0.39 is 0 Å². The fourth-order valence-corrected chi connectivity index (χ4v) is 3.26. The molecule has 1 aromatic heterocycles. The standard InChI is InChI=1S/C23H24NO/c1-18-10-9-11-19(2)21(18)17-23(25)22(24-14-7-4-8-15-24)16-20-12-5-3-6-13-20/h3-15,22H,16-17H2,1-2H3/q+1. The molecular weight excluding hydrogens is 306 g/mol. The lowest BCUT2D eigenvalue weighted by atomic mass is 9.93. The van der Waals surface area contributed by atoms with Crippen LogP contribution >= 0.6 is 0 Å². The molecule has 2 aromatic carbocycles. The van der Waals surface area contributed by atoms with E-state index in [-0.39, 0.29) is 11.8 Å². The number of nitrogens with zero attached hydrogens (tertiary/aromatic N) is 1. The lowest BCUT2D eigenvalue weighted by Gasteiger charge is -2.14. The maximum Gasteiger partial charge on any atom is 0.220 e. The number of benzene rings is 2. The summed E-state index contributed by atoms with van der Waals surface area (Å²) in [6.07, 6.45) is 5.14. The molecule has 3 rings (SSSR count). The molecule has 1 atom stereocenters. The van der Waals surface area contributed by atoms with Gasteiger partial charge in [-0.25, -0.2) is 0 Å². The molecule has 0 amide bonds. The number of ketones is 1. The summed E-state index contributed by atoms with van der Waals surface area (Å²) in [5.74, 6) is 0.248. The summed E-state index contributed by atoms with van der Waals surface area (Å²) in [4.78, 5) is 13.2. The van der Waals surface area contributed by atoms with E-state index in [1.165, 1.54) is 16.7 Å². The number of rotatable bonds is 6. The van der Waals surface area contributed by atoms with Gasteiger partial charge in [-0.2, -0.15) is 4.57 Å². The Morgan fingerprint density at radius 1 is 0.840 bits per heavy atom. The van der Waals surface area contributed by atoms with E-state index >= 15 is 0 Å². The second kappa shape index (κ2) is 7.89. The molecule has 0 aliphatic rings. The Balaban J connectivity index is 1.90. The van der Waals surface area contributed by atoms with Gasteiger partial charge in [-0.3, -0.25) is 4.79 Å². The van der Waals surface area contributed by atoms with E-state index in [1.807, 2.05) is 59.4 Å². The molecule has 0 aliphatic heterocycles. The van der Waals surface area contributed by atoms with Crippen LogP contribution in [0.3, 0.4) is 0 Å². The molecule has 2 nitrogen and oxygen atoms in total. The first-order chi connectivity index (χ1) is 12.1. The van der Waals surface area contributed by atoms with Gasteiger partial charge in [0.15, 0.2) is 12.4 Å². The average Bonchev–Trinajstić information content (AvgIpc) is 2.64. The second-order valence-corrected chi connectivity index (χ2v) is 6.54. The maximum atomic E-state index is 13.2. The number of hydrogen-bond acceptors (Lipinski definition) is 1. The van der Waals surface area contributed by atoms with Crippen molar-refractivity contribution in [3.63, 3.8) is 0 Å². The number of pyridine rings is 1. The highest BCUT2D eigenvalue weighted by molar-refractivity contribution is 5.84. The van der Waals surface area contributed by atoms with Gasteiger partial charge in [0.25, 0.3) is 0 Å². The molecule has 1 heterocycles. The number of Topliss-reactive ketones (excluding diaryl/α,β-unsaturated/α-hetero) is 1. The van der Waals surface area contributed by atoms with Gasteiger partial charge < -0.3 is 0 Å². The van der Waals surface area contributed by atoms with Gasteiger partial charge in [-0.1, -0.05) is 54.6 Å². The zero-order valence-electron chi connectivity index (χ0n) is 14.9. The lowest BCUT2D eigenvalue weighted by molar-refractivity contribution is -0.708. The fourth-order valence-electron chi connectivity index (χ4n) is 3.26. The van der Waals surface area contributed by atoms with Gasteiger partial charge in [0.1, 0.15) is 0 Å². The van der Waals surface area contributed by atoms with Crippen molar-refractivity contribution in [1.82, 2.24) is 0 Å². The number of carbonyl (C=O) groups excluding carboxylic acids is 1. The van der Waals surface area contributed by atoms with Gasteiger partial charge in [-0.05, 0) is 36.1 Å². The average molecular weight is 330 g/mol. The SMILES string of the molecule is Cc1cccc(C)c1CC(=O)C(Cc1ccccc1)[n+]1ccccc1. The van der Waals surface area contributed by atoms with E-state index in [1.54, 1.807) is 0 Å². The van der Waals surface area contributed by atoms with Crippen molar-refractivity contribution in [3.8, 4) is 0 Å².